The summed E-state index contributed by atoms with van der Waals surface area (Å²) in [6.07, 6.45) is 91.6. The van der Waals surface area contributed by atoms with Gasteiger partial charge in [-0.05, 0) is 116 Å². The van der Waals surface area contributed by atoms with E-state index in [-0.39, 0.29) is 31.1 Å². The van der Waals surface area contributed by atoms with Gasteiger partial charge in [0, 0.05) is 19.3 Å². The zero-order valence-electron chi connectivity index (χ0n) is 53.8. The molecule has 0 saturated carbocycles. The maximum Gasteiger partial charge on any atom is 0.306 e. The van der Waals surface area contributed by atoms with Gasteiger partial charge in [-0.15, -0.1) is 0 Å². The standard InChI is InChI=1S/C75H132O6/c1-4-7-10-13-16-19-22-25-28-31-34-35-36-37-38-39-42-44-47-50-53-56-59-62-65-68-74(77)80-71-72(81-75(78)69-66-63-60-57-54-51-48-45-41-33-30-27-24-21-18-15-12-9-6-3)70-79-73(76)67-64-61-58-55-52-49-46-43-40-32-29-26-23-20-17-14-11-8-5-2/h7,10,16,19,25-30,34-35,37-38,72H,4-6,8-9,11-15,17-18,20-24,31-33,36,39-71H2,1-3H3/b10-7-,19-16-,28-25-,29-26-,30-27-,35-34-,38-37-. The van der Waals surface area contributed by atoms with Gasteiger partial charge in [0.05, 0.1) is 0 Å². The number of hydrogen-bond donors (Lipinski definition) is 0. The van der Waals surface area contributed by atoms with Gasteiger partial charge >= 0.3 is 17.9 Å². The molecule has 0 rings (SSSR count). The van der Waals surface area contributed by atoms with Gasteiger partial charge in [0.25, 0.3) is 0 Å². The normalized spacial score (nSPS) is 12.6. The smallest absolute Gasteiger partial charge is 0.306 e. The van der Waals surface area contributed by atoms with Gasteiger partial charge in [-0.25, -0.2) is 0 Å². The summed E-state index contributed by atoms with van der Waals surface area (Å²) in [6.45, 7) is 6.56. The Hall–Kier alpha value is -3.41. The minimum Gasteiger partial charge on any atom is -0.462 e. The monoisotopic (exact) mass is 1130 g/mol. The molecule has 1 unspecified atom stereocenters. The Bertz CT molecular complexity index is 1530. The minimum absolute atomic E-state index is 0.0777. The zero-order chi connectivity index (χ0) is 58.5. The van der Waals surface area contributed by atoms with E-state index in [2.05, 4.69) is 106 Å². The van der Waals surface area contributed by atoms with Crippen molar-refractivity contribution in [3.05, 3.63) is 85.1 Å². The van der Waals surface area contributed by atoms with Gasteiger partial charge in [-0.2, -0.15) is 0 Å². The molecule has 0 aliphatic carbocycles. The van der Waals surface area contributed by atoms with Crippen LogP contribution in [0.4, 0.5) is 0 Å². The molecule has 0 heterocycles. The molecular formula is C75H132O6. The van der Waals surface area contributed by atoms with E-state index in [1.807, 2.05) is 0 Å². The Morgan fingerprint density at radius 3 is 0.765 bits per heavy atom. The van der Waals surface area contributed by atoms with Crippen LogP contribution in [0.2, 0.25) is 0 Å². The van der Waals surface area contributed by atoms with Crippen molar-refractivity contribution >= 4 is 17.9 Å². The lowest BCUT2D eigenvalue weighted by atomic mass is 10.1. The SMILES string of the molecule is CC/C=C\C/C=C\C/C=C\C/C=C\C/C=C\CCCCCCCCCCCC(=O)OCC(COC(=O)CCCCCCCCCCC/C=C\CCCCCCCC)OC(=O)CCCCCCCCCCC/C=C\CCCCCCCC. The average molecular weight is 1130 g/mol. The predicted octanol–water partition coefficient (Wildman–Crippen LogP) is 24.2. The number of esters is 3. The Kier molecular flexibility index (Phi) is 66.2. The van der Waals surface area contributed by atoms with E-state index < -0.39 is 6.10 Å². The molecule has 468 valence electrons. The van der Waals surface area contributed by atoms with Gasteiger partial charge in [0.1, 0.15) is 13.2 Å². The first-order valence-corrected chi connectivity index (χ1v) is 35.1. The molecule has 0 saturated heterocycles. The number of unbranched alkanes of at least 4 members (excludes halogenated alkanes) is 39. The zero-order valence-corrected chi connectivity index (χ0v) is 53.8. The summed E-state index contributed by atoms with van der Waals surface area (Å²) in [5, 5.41) is 0. The van der Waals surface area contributed by atoms with Crippen molar-refractivity contribution < 1.29 is 28.6 Å². The molecule has 6 nitrogen and oxygen atoms in total. The Labute approximate surface area is 503 Å². The fraction of sp³-hybridized carbons (Fsp3) is 0.773. The molecule has 81 heavy (non-hydrogen) atoms. The van der Waals surface area contributed by atoms with E-state index in [9.17, 15) is 14.4 Å². The first-order valence-electron chi connectivity index (χ1n) is 35.1. The highest BCUT2D eigenvalue weighted by molar-refractivity contribution is 5.71. The summed E-state index contributed by atoms with van der Waals surface area (Å²) >= 11 is 0. The summed E-state index contributed by atoms with van der Waals surface area (Å²) < 4.78 is 17.0. The highest BCUT2D eigenvalue weighted by Crippen LogP contribution is 2.17. The molecule has 0 aromatic heterocycles. The van der Waals surface area contributed by atoms with Crippen LogP contribution in [0.5, 0.6) is 0 Å². The summed E-state index contributed by atoms with van der Waals surface area (Å²) in [6, 6.07) is 0. The predicted molar refractivity (Wildman–Crippen MR) is 353 cm³/mol. The second-order valence-corrected chi connectivity index (χ2v) is 23.4. The number of hydrogen-bond acceptors (Lipinski definition) is 6. The van der Waals surface area contributed by atoms with Crippen molar-refractivity contribution in [3.8, 4) is 0 Å². The van der Waals surface area contributed by atoms with Crippen LogP contribution in [0.15, 0.2) is 85.1 Å². The second kappa shape index (κ2) is 69.1. The third-order valence-corrected chi connectivity index (χ3v) is 15.4. The summed E-state index contributed by atoms with van der Waals surface area (Å²) in [5.41, 5.74) is 0. The third-order valence-electron chi connectivity index (χ3n) is 15.4. The molecule has 0 N–H and O–H groups in total. The largest absolute Gasteiger partial charge is 0.462 e. The molecule has 0 aliphatic heterocycles. The molecule has 0 aromatic carbocycles. The first-order chi connectivity index (χ1) is 40.0. The van der Waals surface area contributed by atoms with Gasteiger partial charge in [-0.1, -0.05) is 305 Å². The molecule has 0 radical (unpaired) electrons. The van der Waals surface area contributed by atoms with Crippen LogP contribution in [0.3, 0.4) is 0 Å². The van der Waals surface area contributed by atoms with Crippen LogP contribution in [0, 0.1) is 0 Å². The second-order valence-electron chi connectivity index (χ2n) is 23.4. The van der Waals surface area contributed by atoms with Crippen molar-refractivity contribution in [3.63, 3.8) is 0 Å². The number of ether oxygens (including phenoxy) is 3. The molecule has 0 bridgehead atoms. The topological polar surface area (TPSA) is 78.9 Å². The van der Waals surface area contributed by atoms with Crippen LogP contribution < -0.4 is 0 Å². The van der Waals surface area contributed by atoms with E-state index in [0.717, 1.165) is 96.3 Å². The maximum absolute atomic E-state index is 13.0. The highest BCUT2D eigenvalue weighted by Gasteiger charge is 2.19. The molecule has 1 atom stereocenters. The van der Waals surface area contributed by atoms with E-state index in [0.29, 0.717) is 19.3 Å². The fourth-order valence-corrected chi connectivity index (χ4v) is 10.1. The van der Waals surface area contributed by atoms with E-state index in [1.54, 1.807) is 0 Å². The highest BCUT2D eigenvalue weighted by atomic mass is 16.6. The lowest BCUT2D eigenvalue weighted by Gasteiger charge is -2.18. The Morgan fingerprint density at radius 2 is 0.481 bits per heavy atom. The van der Waals surface area contributed by atoms with E-state index in [1.165, 1.54) is 218 Å². The molecule has 0 amide bonds. The quantitative estimate of drug-likeness (QED) is 0.0261. The first kappa shape index (κ1) is 77.6. The van der Waals surface area contributed by atoms with Crippen LogP contribution >= 0.6 is 0 Å². The van der Waals surface area contributed by atoms with E-state index in [4.69, 9.17) is 14.2 Å². The van der Waals surface area contributed by atoms with Crippen LogP contribution in [-0.4, -0.2) is 37.2 Å². The summed E-state index contributed by atoms with van der Waals surface area (Å²) in [4.78, 5) is 38.5. The van der Waals surface area contributed by atoms with Crippen molar-refractivity contribution in [1.29, 1.82) is 0 Å². The van der Waals surface area contributed by atoms with Crippen molar-refractivity contribution in [2.24, 2.45) is 0 Å². The van der Waals surface area contributed by atoms with Crippen LogP contribution in [0.1, 0.15) is 355 Å². The number of rotatable bonds is 64. The number of carbonyl (C=O) groups excluding carboxylic acids is 3. The average Bonchev–Trinajstić information content (AvgIpc) is 3.47. The minimum atomic E-state index is -0.783. The Balaban J connectivity index is 4.36. The summed E-state index contributed by atoms with van der Waals surface area (Å²) in [5.74, 6) is -0.869. The van der Waals surface area contributed by atoms with Gasteiger partial charge in [0.15, 0.2) is 6.10 Å². The molecular weight excluding hydrogens is 997 g/mol. The lowest BCUT2D eigenvalue weighted by Crippen LogP contribution is -2.30. The lowest BCUT2D eigenvalue weighted by molar-refractivity contribution is -0.167. The summed E-state index contributed by atoms with van der Waals surface area (Å²) in [7, 11) is 0. The van der Waals surface area contributed by atoms with Crippen molar-refractivity contribution in [1.82, 2.24) is 0 Å². The van der Waals surface area contributed by atoms with Gasteiger partial charge in [0.2, 0.25) is 0 Å². The third kappa shape index (κ3) is 67.3. The van der Waals surface area contributed by atoms with E-state index >= 15 is 0 Å². The van der Waals surface area contributed by atoms with Crippen molar-refractivity contribution in [2.75, 3.05) is 13.2 Å². The molecule has 0 aromatic rings. The van der Waals surface area contributed by atoms with Gasteiger partial charge in [-0.3, -0.25) is 14.4 Å². The van der Waals surface area contributed by atoms with Crippen LogP contribution in [-0.2, 0) is 28.6 Å². The molecule has 0 fully saturated rings. The number of carbonyl (C=O) groups is 3. The number of allylic oxidation sites excluding steroid dienone is 14. The van der Waals surface area contributed by atoms with Crippen LogP contribution in [0.25, 0.3) is 0 Å². The molecule has 0 spiro atoms. The Morgan fingerprint density at radius 1 is 0.259 bits per heavy atom. The fourth-order valence-electron chi connectivity index (χ4n) is 10.1. The van der Waals surface area contributed by atoms with Gasteiger partial charge < -0.3 is 14.2 Å². The van der Waals surface area contributed by atoms with Crippen molar-refractivity contribution in [2.45, 2.75) is 361 Å². The molecule has 0 aliphatic rings. The molecule has 6 heteroatoms. The maximum atomic E-state index is 13.0.